The smallest absolute Gasteiger partial charge is 0.309 e. The monoisotopic (exact) mass is 365 g/mol. The van der Waals surface area contributed by atoms with Gasteiger partial charge >= 0.3 is 5.97 Å². The lowest BCUT2D eigenvalue weighted by atomic mass is 9.82. The number of rotatable bonds is 8. The second-order valence-electron chi connectivity index (χ2n) is 7.36. The van der Waals surface area contributed by atoms with Gasteiger partial charge in [0.05, 0.1) is 11.5 Å². The summed E-state index contributed by atoms with van der Waals surface area (Å²) in [4.78, 5) is 15.9. The number of nitrogens with zero attached hydrogens (tertiary/aromatic N) is 1. The molecule has 1 saturated carbocycles. The SMILES string of the molecule is O=C(O)C(CCC/C=C(\c1ccccc1)c1cccnc1)C1(O)CCCC1. The number of hydrogen-bond acceptors (Lipinski definition) is 3. The normalized spacial score (nSPS) is 17.6. The van der Waals surface area contributed by atoms with Gasteiger partial charge in [0.1, 0.15) is 0 Å². The van der Waals surface area contributed by atoms with E-state index in [1.807, 2.05) is 36.5 Å². The zero-order chi connectivity index (χ0) is 19.1. The molecular formula is C23H27NO3. The maximum absolute atomic E-state index is 11.7. The Bertz CT molecular complexity index is 723. The Hall–Kier alpha value is -2.46. The summed E-state index contributed by atoms with van der Waals surface area (Å²) in [6.45, 7) is 0. The van der Waals surface area contributed by atoms with Crippen molar-refractivity contribution in [1.29, 1.82) is 0 Å². The Kier molecular flexibility index (Phi) is 6.40. The number of carbonyl (C=O) groups is 1. The van der Waals surface area contributed by atoms with Crippen molar-refractivity contribution < 1.29 is 15.0 Å². The molecule has 3 rings (SSSR count). The summed E-state index contributed by atoms with van der Waals surface area (Å²) < 4.78 is 0. The van der Waals surface area contributed by atoms with Gasteiger partial charge in [0.15, 0.2) is 0 Å². The minimum absolute atomic E-state index is 0.497. The number of aliphatic carboxylic acids is 1. The molecule has 1 aliphatic carbocycles. The molecule has 1 aromatic heterocycles. The van der Waals surface area contributed by atoms with E-state index in [1.54, 1.807) is 6.20 Å². The van der Waals surface area contributed by atoms with Crippen molar-refractivity contribution in [2.75, 3.05) is 0 Å². The van der Waals surface area contributed by atoms with E-state index in [0.717, 1.165) is 42.4 Å². The van der Waals surface area contributed by atoms with Gasteiger partial charge in [-0.15, -0.1) is 0 Å². The van der Waals surface area contributed by atoms with Gasteiger partial charge in [-0.2, -0.15) is 0 Å². The third-order valence-electron chi connectivity index (χ3n) is 5.52. The largest absolute Gasteiger partial charge is 0.481 e. The lowest BCUT2D eigenvalue weighted by Gasteiger charge is -2.29. The highest BCUT2D eigenvalue weighted by atomic mass is 16.4. The fourth-order valence-electron chi connectivity index (χ4n) is 4.07. The molecule has 1 atom stereocenters. The minimum atomic E-state index is -1.03. The molecule has 0 amide bonds. The Balaban J connectivity index is 1.71. The first-order valence-electron chi connectivity index (χ1n) is 9.71. The average molecular weight is 365 g/mol. The second-order valence-corrected chi connectivity index (χ2v) is 7.36. The minimum Gasteiger partial charge on any atom is -0.481 e. The zero-order valence-electron chi connectivity index (χ0n) is 15.6. The fraction of sp³-hybridized carbons (Fsp3) is 0.391. The summed E-state index contributed by atoms with van der Waals surface area (Å²) in [5.41, 5.74) is 2.25. The first-order chi connectivity index (χ1) is 13.1. The van der Waals surface area contributed by atoms with E-state index in [2.05, 4.69) is 23.2 Å². The topological polar surface area (TPSA) is 70.4 Å². The molecule has 27 heavy (non-hydrogen) atoms. The molecule has 1 unspecified atom stereocenters. The van der Waals surface area contributed by atoms with Gasteiger partial charge in [0, 0.05) is 18.0 Å². The zero-order valence-corrected chi connectivity index (χ0v) is 15.6. The quantitative estimate of drug-likeness (QED) is 0.666. The summed E-state index contributed by atoms with van der Waals surface area (Å²) in [5.74, 6) is -1.55. The molecule has 0 bridgehead atoms. The van der Waals surface area contributed by atoms with Crippen LogP contribution < -0.4 is 0 Å². The van der Waals surface area contributed by atoms with Crippen molar-refractivity contribution in [1.82, 2.24) is 4.98 Å². The van der Waals surface area contributed by atoms with Gasteiger partial charge in [0.25, 0.3) is 0 Å². The molecule has 4 nitrogen and oxygen atoms in total. The average Bonchev–Trinajstić information content (AvgIpc) is 3.13. The maximum Gasteiger partial charge on any atom is 0.309 e. The van der Waals surface area contributed by atoms with E-state index < -0.39 is 17.5 Å². The predicted octanol–water partition coefficient (Wildman–Crippen LogP) is 4.69. The van der Waals surface area contributed by atoms with Crippen LogP contribution in [0.4, 0.5) is 0 Å². The van der Waals surface area contributed by atoms with E-state index in [1.165, 1.54) is 0 Å². The Labute approximate surface area is 160 Å². The first-order valence-corrected chi connectivity index (χ1v) is 9.71. The van der Waals surface area contributed by atoms with Gasteiger partial charge in [-0.05, 0) is 49.3 Å². The summed E-state index contributed by atoms with van der Waals surface area (Å²) in [6, 6.07) is 14.1. The molecular weight excluding hydrogens is 338 g/mol. The number of aromatic nitrogens is 1. The van der Waals surface area contributed by atoms with Crippen LogP contribution in [0.2, 0.25) is 0 Å². The fourth-order valence-corrected chi connectivity index (χ4v) is 4.07. The highest BCUT2D eigenvalue weighted by molar-refractivity contribution is 5.79. The van der Waals surface area contributed by atoms with Gasteiger partial charge in [-0.3, -0.25) is 9.78 Å². The van der Waals surface area contributed by atoms with Crippen LogP contribution in [0.1, 0.15) is 56.1 Å². The van der Waals surface area contributed by atoms with Crippen LogP contribution in [0.3, 0.4) is 0 Å². The number of aliphatic hydroxyl groups is 1. The Morgan fingerprint density at radius 1 is 1.11 bits per heavy atom. The molecule has 142 valence electrons. The van der Waals surface area contributed by atoms with E-state index in [9.17, 15) is 15.0 Å². The predicted molar refractivity (Wildman–Crippen MR) is 106 cm³/mol. The summed E-state index contributed by atoms with van der Waals surface area (Å²) in [6.07, 6.45) is 10.8. The van der Waals surface area contributed by atoms with Crippen molar-refractivity contribution in [3.8, 4) is 0 Å². The van der Waals surface area contributed by atoms with E-state index in [4.69, 9.17) is 0 Å². The second kappa shape index (κ2) is 8.96. The molecule has 1 heterocycles. The summed E-state index contributed by atoms with van der Waals surface area (Å²) >= 11 is 0. The van der Waals surface area contributed by atoms with Crippen molar-refractivity contribution in [2.24, 2.45) is 5.92 Å². The lowest BCUT2D eigenvalue weighted by Crippen LogP contribution is -2.39. The number of carboxylic acid groups (broad SMARTS) is 1. The van der Waals surface area contributed by atoms with Crippen molar-refractivity contribution in [3.05, 3.63) is 72.1 Å². The Morgan fingerprint density at radius 3 is 2.44 bits per heavy atom. The number of carboxylic acids is 1. The third kappa shape index (κ3) is 4.83. The van der Waals surface area contributed by atoms with Crippen molar-refractivity contribution in [2.45, 2.75) is 50.5 Å². The van der Waals surface area contributed by atoms with Crippen molar-refractivity contribution >= 4 is 11.5 Å². The highest BCUT2D eigenvalue weighted by Gasteiger charge is 2.42. The highest BCUT2D eigenvalue weighted by Crippen LogP contribution is 2.38. The maximum atomic E-state index is 11.7. The van der Waals surface area contributed by atoms with Crippen LogP contribution in [-0.4, -0.2) is 26.8 Å². The summed E-state index contributed by atoms with van der Waals surface area (Å²) in [5, 5.41) is 20.3. The van der Waals surface area contributed by atoms with Gasteiger partial charge < -0.3 is 10.2 Å². The molecule has 2 N–H and O–H groups in total. The molecule has 4 heteroatoms. The van der Waals surface area contributed by atoms with E-state index in [0.29, 0.717) is 19.3 Å². The van der Waals surface area contributed by atoms with Gasteiger partial charge in [-0.1, -0.05) is 55.3 Å². The number of pyridine rings is 1. The van der Waals surface area contributed by atoms with E-state index >= 15 is 0 Å². The Morgan fingerprint density at radius 2 is 1.81 bits per heavy atom. The van der Waals surface area contributed by atoms with Crippen LogP contribution in [-0.2, 0) is 4.79 Å². The molecule has 1 aromatic carbocycles. The van der Waals surface area contributed by atoms with Crippen LogP contribution in [0, 0.1) is 5.92 Å². The van der Waals surface area contributed by atoms with E-state index in [-0.39, 0.29) is 0 Å². The molecule has 1 fully saturated rings. The van der Waals surface area contributed by atoms with Crippen LogP contribution >= 0.6 is 0 Å². The number of hydrogen-bond donors (Lipinski definition) is 2. The third-order valence-corrected chi connectivity index (χ3v) is 5.52. The molecule has 0 spiro atoms. The lowest BCUT2D eigenvalue weighted by molar-refractivity contribution is -0.152. The molecule has 1 aliphatic rings. The molecule has 0 radical (unpaired) electrons. The molecule has 0 saturated heterocycles. The van der Waals surface area contributed by atoms with Crippen LogP contribution in [0.5, 0.6) is 0 Å². The number of unbranched alkanes of at least 4 members (excludes halogenated alkanes) is 1. The van der Waals surface area contributed by atoms with Gasteiger partial charge in [-0.25, -0.2) is 0 Å². The summed E-state index contributed by atoms with van der Waals surface area (Å²) in [7, 11) is 0. The van der Waals surface area contributed by atoms with Gasteiger partial charge in [0.2, 0.25) is 0 Å². The van der Waals surface area contributed by atoms with Crippen molar-refractivity contribution in [3.63, 3.8) is 0 Å². The number of allylic oxidation sites excluding steroid dienone is 1. The number of benzene rings is 1. The van der Waals surface area contributed by atoms with Crippen LogP contribution in [0.25, 0.3) is 5.57 Å². The van der Waals surface area contributed by atoms with Crippen LogP contribution in [0.15, 0.2) is 60.9 Å². The molecule has 2 aromatic rings. The standard InChI is InChI=1S/C23H27NO3/c25-22(26)21(23(27)14-6-7-15-23)13-5-4-12-20(18-9-2-1-3-10-18)19-11-8-16-24-17-19/h1-3,8-12,16-17,21,27H,4-7,13-15H2,(H,25,26)/b20-12+. The molecule has 0 aliphatic heterocycles. The first kappa shape index (κ1) is 19.3.